The third kappa shape index (κ3) is 6.93. The third-order valence-electron chi connectivity index (χ3n) is 3.03. The predicted octanol–water partition coefficient (Wildman–Crippen LogP) is 1.49. The van der Waals surface area contributed by atoms with Crippen LogP contribution >= 0.6 is 0 Å². The fourth-order valence-corrected chi connectivity index (χ4v) is 1.86. The van der Waals surface area contributed by atoms with Crippen LogP contribution in [-0.2, 0) is 0 Å². The van der Waals surface area contributed by atoms with E-state index in [1.165, 1.54) is 0 Å². The number of ether oxygens (including phenoxy) is 3. The summed E-state index contributed by atoms with van der Waals surface area (Å²) in [5.74, 6) is 1.24. The van der Waals surface area contributed by atoms with E-state index in [0.29, 0.717) is 74.7 Å². The number of benzene rings is 1. The van der Waals surface area contributed by atoms with Gasteiger partial charge in [0.2, 0.25) is 5.75 Å². The average molecular weight is 339 g/mol. The molecule has 1 aromatic carbocycles. The molecule has 0 radical (unpaired) electrons. The van der Waals surface area contributed by atoms with Crippen LogP contribution in [0.4, 0.5) is 0 Å². The van der Waals surface area contributed by atoms with Gasteiger partial charge in [0, 0.05) is 12.0 Å². The first-order valence-electron chi connectivity index (χ1n) is 7.97. The van der Waals surface area contributed by atoms with Gasteiger partial charge in [0.25, 0.3) is 0 Å². The molecular weight excluding hydrogens is 314 g/mol. The second-order valence-electron chi connectivity index (χ2n) is 5.00. The van der Waals surface area contributed by atoms with Gasteiger partial charge in [-0.1, -0.05) is 5.18 Å². The number of carbonyl (C=O) groups excluding carboxylic acids is 1. The molecule has 8 heteroatoms. The molecule has 0 aliphatic heterocycles. The SMILES string of the molecule is NCCCOc1cc(C=O)cc(OCCCN=O)c1OCCCN. The number of nitrogens with zero attached hydrogens (tertiary/aromatic N) is 1. The highest BCUT2D eigenvalue weighted by Gasteiger charge is 2.15. The lowest BCUT2D eigenvalue weighted by molar-refractivity contribution is 0.112. The number of nitrogens with two attached hydrogens (primary N) is 2. The number of hydrogen-bond donors (Lipinski definition) is 2. The van der Waals surface area contributed by atoms with E-state index in [1.54, 1.807) is 12.1 Å². The van der Waals surface area contributed by atoms with E-state index in [0.717, 1.165) is 0 Å². The minimum Gasteiger partial charge on any atom is -0.489 e. The van der Waals surface area contributed by atoms with Crippen molar-refractivity contribution in [2.75, 3.05) is 39.5 Å². The lowest BCUT2D eigenvalue weighted by Gasteiger charge is -2.17. The second-order valence-corrected chi connectivity index (χ2v) is 5.00. The summed E-state index contributed by atoms with van der Waals surface area (Å²) in [6.45, 7) is 2.24. The Balaban J connectivity index is 2.97. The van der Waals surface area contributed by atoms with Crippen LogP contribution in [0, 0.1) is 4.91 Å². The topological polar surface area (TPSA) is 126 Å². The van der Waals surface area contributed by atoms with E-state index < -0.39 is 0 Å². The van der Waals surface area contributed by atoms with Crippen LogP contribution in [0.15, 0.2) is 17.3 Å². The molecule has 0 spiro atoms. The van der Waals surface area contributed by atoms with Crippen LogP contribution in [0.2, 0.25) is 0 Å². The van der Waals surface area contributed by atoms with Gasteiger partial charge in [-0.15, -0.1) is 0 Å². The highest BCUT2D eigenvalue weighted by molar-refractivity contribution is 5.78. The van der Waals surface area contributed by atoms with Crippen LogP contribution < -0.4 is 25.7 Å². The summed E-state index contributed by atoms with van der Waals surface area (Å²) in [5, 5.41) is 2.78. The molecular formula is C16H25N3O5. The third-order valence-corrected chi connectivity index (χ3v) is 3.03. The summed E-state index contributed by atoms with van der Waals surface area (Å²) in [4.78, 5) is 21.3. The molecule has 1 aromatic rings. The number of hydrogen-bond acceptors (Lipinski definition) is 8. The van der Waals surface area contributed by atoms with Crippen molar-refractivity contribution in [2.45, 2.75) is 19.3 Å². The first kappa shape index (κ1) is 19.9. The standard InChI is InChI=1S/C16H25N3O5/c17-4-1-7-22-14-10-13(12-20)11-15(23-9-3-6-19-21)16(14)24-8-2-5-18/h10-12H,1-9,17-18H2. The molecule has 4 N–H and O–H groups in total. The lowest BCUT2D eigenvalue weighted by Crippen LogP contribution is -2.11. The van der Waals surface area contributed by atoms with Gasteiger partial charge in [0.05, 0.1) is 26.4 Å². The van der Waals surface area contributed by atoms with Crippen LogP contribution in [0.25, 0.3) is 0 Å². The summed E-state index contributed by atoms with van der Waals surface area (Å²) in [6, 6.07) is 3.18. The van der Waals surface area contributed by atoms with Gasteiger partial charge in [-0.05, 0) is 38.1 Å². The van der Waals surface area contributed by atoms with E-state index in [-0.39, 0.29) is 13.2 Å². The zero-order chi connectivity index (χ0) is 17.6. The quantitative estimate of drug-likeness (QED) is 0.299. The molecule has 0 fully saturated rings. The molecule has 0 amide bonds. The van der Waals surface area contributed by atoms with Gasteiger partial charge in [-0.2, -0.15) is 4.91 Å². The van der Waals surface area contributed by atoms with Crippen molar-refractivity contribution >= 4 is 6.29 Å². The molecule has 0 bridgehead atoms. The Kier molecular flexibility index (Phi) is 10.1. The van der Waals surface area contributed by atoms with Crippen molar-refractivity contribution in [3.05, 3.63) is 22.6 Å². The number of aldehydes is 1. The highest BCUT2D eigenvalue weighted by Crippen LogP contribution is 2.39. The van der Waals surface area contributed by atoms with Crippen molar-refractivity contribution in [1.29, 1.82) is 0 Å². The number of carbonyl (C=O) groups is 1. The van der Waals surface area contributed by atoms with E-state index >= 15 is 0 Å². The van der Waals surface area contributed by atoms with Gasteiger partial charge < -0.3 is 25.7 Å². The van der Waals surface area contributed by atoms with Crippen LogP contribution in [0.3, 0.4) is 0 Å². The maximum atomic E-state index is 11.1. The second kappa shape index (κ2) is 12.3. The average Bonchev–Trinajstić information content (AvgIpc) is 2.60. The molecule has 24 heavy (non-hydrogen) atoms. The minimum atomic E-state index is 0.163. The summed E-state index contributed by atoms with van der Waals surface area (Å²) in [5.41, 5.74) is 11.4. The summed E-state index contributed by atoms with van der Waals surface area (Å²) in [6.07, 6.45) is 2.53. The van der Waals surface area contributed by atoms with Gasteiger partial charge in [-0.25, -0.2) is 0 Å². The first-order chi connectivity index (χ1) is 11.8. The molecule has 0 saturated carbocycles. The van der Waals surface area contributed by atoms with Crippen molar-refractivity contribution in [2.24, 2.45) is 16.6 Å². The Hall–Kier alpha value is -2.19. The van der Waals surface area contributed by atoms with Crippen molar-refractivity contribution < 1.29 is 19.0 Å². The smallest absolute Gasteiger partial charge is 0.203 e. The van der Waals surface area contributed by atoms with E-state index in [2.05, 4.69) is 5.18 Å². The van der Waals surface area contributed by atoms with Gasteiger partial charge in [0.15, 0.2) is 11.5 Å². The largest absolute Gasteiger partial charge is 0.489 e. The Labute approximate surface area is 141 Å². The fraction of sp³-hybridized carbons (Fsp3) is 0.562. The van der Waals surface area contributed by atoms with Gasteiger partial charge in [0.1, 0.15) is 6.29 Å². The van der Waals surface area contributed by atoms with Crippen molar-refractivity contribution in [1.82, 2.24) is 0 Å². The lowest BCUT2D eigenvalue weighted by atomic mass is 10.2. The maximum absolute atomic E-state index is 11.1. The molecule has 134 valence electrons. The highest BCUT2D eigenvalue weighted by atomic mass is 16.5. The molecule has 0 heterocycles. The van der Waals surface area contributed by atoms with E-state index in [9.17, 15) is 9.70 Å². The molecule has 1 rings (SSSR count). The zero-order valence-corrected chi connectivity index (χ0v) is 13.7. The van der Waals surface area contributed by atoms with Gasteiger partial charge >= 0.3 is 0 Å². The van der Waals surface area contributed by atoms with Crippen LogP contribution in [0.5, 0.6) is 17.2 Å². The molecule has 8 nitrogen and oxygen atoms in total. The summed E-state index contributed by atoms with van der Waals surface area (Å²) in [7, 11) is 0. The molecule has 0 aliphatic rings. The normalized spacial score (nSPS) is 10.2. The minimum absolute atomic E-state index is 0.163. The van der Waals surface area contributed by atoms with E-state index in [4.69, 9.17) is 25.7 Å². The Morgan fingerprint density at radius 2 is 1.46 bits per heavy atom. The molecule has 0 atom stereocenters. The molecule has 0 saturated heterocycles. The molecule has 0 aromatic heterocycles. The van der Waals surface area contributed by atoms with Crippen LogP contribution in [0.1, 0.15) is 29.6 Å². The molecule has 0 unspecified atom stereocenters. The van der Waals surface area contributed by atoms with Crippen molar-refractivity contribution in [3.8, 4) is 17.2 Å². The van der Waals surface area contributed by atoms with E-state index in [1.807, 2.05) is 0 Å². The number of nitroso groups, excluding NO2 is 1. The van der Waals surface area contributed by atoms with Crippen molar-refractivity contribution in [3.63, 3.8) is 0 Å². The summed E-state index contributed by atoms with van der Waals surface area (Å²) >= 11 is 0. The maximum Gasteiger partial charge on any atom is 0.203 e. The monoisotopic (exact) mass is 339 g/mol. The summed E-state index contributed by atoms with van der Waals surface area (Å²) < 4.78 is 17.0. The number of rotatable bonds is 14. The fourth-order valence-electron chi connectivity index (χ4n) is 1.86. The molecule has 0 aliphatic carbocycles. The Morgan fingerprint density at radius 3 is 1.96 bits per heavy atom. The first-order valence-corrected chi connectivity index (χ1v) is 7.97. The van der Waals surface area contributed by atoms with Gasteiger partial charge in [-0.3, -0.25) is 4.79 Å². The predicted molar refractivity (Wildman–Crippen MR) is 90.9 cm³/mol. The zero-order valence-electron chi connectivity index (χ0n) is 13.7. The van der Waals surface area contributed by atoms with Crippen LogP contribution in [-0.4, -0.2) is 45.7 Å². The Bertz CT molecular complexity index is 511. The Morgan fingerprint density at radius 1 is 0.917 bits per heavy atom.